The minimum Gasteiger partial charge on any atom is -0.479 e. The quantitative estimate of drug-likeness (QED) is 0.807. The van der Waals surface area contributed by atoms with Crippen LogP contribution in [0.4, 0.5) is 11.4 Å². The lowest BCUT2D eigenvalue weighted by atomic mass is 10.2. The summed E-state index contributed by atoms with van der Waals surface area (Å²) in [4.78, 5) is 11.5. The number of benzene rings is 1. The zero-order valence-electron chi connectivity index (χ0n) is 9.53. The number of nitrogens with one attached hydrogen (secondary N) is 2. The topological polar surface area (TPSA) is 59.6 Å². The van der Waals surface area contributed by atoms with Gasteiger partial charge in [0.05, 0.1) is 24.9 Å². The highest BCUT2D eigenvalue weighted by Crippen LogP contribution is 2.32. The standard InChI is InChI=1S/C12H14N2O3/c1-7-12(15)14-10-4-8(2-3-11(10)17-7)13-9-5-16-6-9/h2-4,7,9,13H,5-6H2,1H3,(H,14,15). The summed E-state index contributed by atoms with van der Waals surface area (Å²) < 4.78 is 10.6. The van der Waals surface area contributed by atoms with Crippen LogP contribution in [0.5, 0.6) is 5.75 Å². The summed E-state index contributed by atoms with van der Waals surface area (Å²) in [7, 11) is 0. The summed E-state index contributed by atoms with van der Waals surface area (Å²) in [6.07, 6.45) is -0.429. The molecule has 1 saturated heterocycles. The Morgan fingerprint density at radius 1 is 1.41 bits per heavy atom. The minimum atomic E-state index is -0.429. The average molecular weight is 234 g/mol. The third kappa shape index (κ3) is 1.93. The molecule has 1 aromatic rings. The van der Waals surface area contributed by atoms with E-state index in [9.17, 15) is 4.79 Å². The van der Waals surface area contributed by atoms with Gasteiger partial charge in [-0.2, -0.15) is 0 Å². The van der Waals surface area contributed by atoms with Crippen molar-refractivity contribution in [2.45, 2.75) is 19.1 Å². The van der Waals surface area contributed by atoms with Crippen molar-refractivity contribution in [3.63, 3.8) is 0 Å². The maximum Gasteiger partial charge on any atom is 0.265 e. The summed E-state index contributed by atoms with van der Waals surface area (Å²) in [6, 6.07) is 6.07. The molecule has 1 aromatic carbocycles. The van der Waals surface area contributed by atoms with Gasteiger partial charge in [-0.3, -0.25) is 4.79 Å². The predicted octanol–water partition coefficient (Wildman–Crippen LogP) is 1.22. The van der Waals surface area contributed by atoms with E-state index in [1.54, 1.807) is 6.92 Å². The van der Waals surface area contributed by atoms with Gasteiger partial charge in [-0.15, -0.1) is 0 Å². The highest BCUT2D eigenvalue weighted by Gasteiger charge is 2.24. The van der Waals surface area contributed by atoms with Crippen LogP contribution in [0.25, 0.3) is 0 Å². The molecule has 1 unspecified atom stereocenters. The van der Waals surface area contributed by atoms with Crippen LogP contribution >= 0.6 is 0 Å². The van der Waals surface area contributed by atoms with Crippen molar-refractivity contribution in [1.29, 1.82) is 0 Å². The second-order valence-electron chi connectivity index (χ2n) is 4.34. The lowest BCUT2D eigenvalue weighted by Gasteiger charge is -2.29. The maximum atomic E-state index is 11.5. The fourth-order valence-electron chi connectivity index (χ4n) is 1.85. The molecule has 2 aliphatic heterocycles. The third-order valence-electron chi connectivity index (χ3n) is 2.92. The molecule has 0 aromatic heterocycles. The molecule has 5 heteroatoms. The molecule has 3 rings (SSSR count). The van der Waals surface area contributed by atoms with E-state index in [1.165, 1.54) is 0 Å². The Morgan fingerprint density at radius 2 is 2.24 bits per heavy atom. The molecule has 17 heavy (non-hydrogen) atoms. The first-order valence-electron chi connectivity index (χ1n) is 5.68. The second kappa shape index (κ2) is 3.92. The van der Waals surface area contributed by atoms with Gasteiger partial charge in [-0.05, 0) is 25.1 Å². The van der Waals surface area contributed by atoms with Crippen molar-refractivity contribution in [1.82, 2.24) is 0 Å². The van der Waals surface area contributed by atoms with Gasteiger partial charge in [0.2, 0.25) is 0 Å². The van der Waals surface area contributed by atoms with Crippen molar-refractivity contribution in [2.75, 3.05) is 23.8 Å². The monoisotopic (exact) mass is 234 g/mol. The molecular weight excluding hydrogens is 220 g/mol. The van der Waals surface area contributed by atoms with Gasteiger partial charge in [0.25, 0.3) is 5.91 Å². The Morgan fingerprint density at radius 3 is 2.94 bits per heavy atom. The number of rotatable bonds is 2. The van der Waals surface area contributed by atoms with Crippen molar-refractivity contribution >= 4 is 17.3 Å². The van der Waals surface area contributed by atoms with Crippen LogP contribution in [-0.2, 0) is 9.53 Å². The molecule has 90 valence electrons. The van der Waals surface area contributed by atoms with E-state index in [2.05, 4.69) is 10.6 Å². The van der Waals surface area contributed by atoms with Gasteiger partial charge >= 0.3 is 0 Å². The molecule has 0 radical (unpaired) electrons. The summed E-state index contributed by atoms with van der Waals surface area (Å²) in [6.45, 7) is 3.20. The molecule has 2 N–H and O–H groups in total. The second-order valence-corrected chi connectivity index (χ2v) is 4.34. The van der Waals surface area contributed by atoms with E-state index in [0.717, 1.165) is 24.6 Å². The number of fused-ring (bicyclic) bond motifs is 1. The first kappa shape index (κ1) is 10.4. The first-order valence-corrected chi connectivity index (χ1v) is 5.68. The number of hydrogen-bond donors (Lipinski definition) is 2. The van der Waals surface area contributed by atoms with E-state index in [-0.39, 0.29) is 5.91 Å². The van der Waals surface area contributed by atoms with Gasteiger partial charge in [0.15, 0.2) is 6.10 Å². The van der Waals surface area contributed by atoms with Gasteiger partial charge in [0, 0.05) is 5.69 Å². The van der Waals surface area contributed by atoms with Gasteiger partial charge in [-0.25, -0.2) is 0 Å². The summed E-state index contributed by atoms with van der Waals surface area (Å²) in [5.41, 5.74) is 1.69. The van der Waals surface area contributed by atoms with Crippen LogP contribution < -0.4 is 15.4 Å². The average Bonchev–Trinajstić information content (AvgIpc) is 2.25. The highest BCUT2D eigenvalue weighted by molar-refractivity contribution is 5.98. The molecule has 1 amide bonds. The molecule has 1 atom stereocenters. The van der Waals surface area contributed by atoms with Crippen LogP contribution in [-0.4, -0.2) is 31.3 Å². The van der Waals surface area contributed by atoms with E-state index in [4.69, 9.17) is 9.47 Å². The first-order chi connectivity index (χ1) is 8.22. The minimum absolute atomic E-state index is 0.110. The molecule has 0 aliphatic carbocycles. The van der Waals surface area contributed by atoms with Crippen LogP contribution in [0.3, 0.4) is 0 Å². The molecule has 2 heterocycles. The molecule has 1 fully saturated rings. The normalized spacial score (nSPS) is 23.1. The fraction of sp³-hybridized carbons (Fsp3) is 0.417. The highest BCUT2D eigenvalue weighted by atomic mass is 16.5. The van der Waals surface area contributed by atoms with Crippen LogP contribution in [0.2, 0.25) is 0 Å². The number of hydrogen-bond acceptors (Lipinski definition) is 4. The molecule has 5 nitrogen and oxygen atoms in total. The number of ether oxygens (including phenoxy) is 2. The number of anilines is 2. The predicted molar refractivity (Wildman–Crippen MR) is 63.4 cm³/mol. The van der Waals surface area contributed by atoms with E-state index < -0.39 is 6.10 Å². The Kier molecular flexibility index (Phi) is 2.40. The molecular formula is C12H14N2O3. The zero-order chi connectivity index (χ0) is 11.8. The van der Waals surface area contributed by atoms with Crippen LogP contribution in [0, 0.1) is 0 Å². The van der Waals surface area contributed by atoms with Gasteiger partial charge in [0.1, 0.15) is 5.75 Å². The fourth-order valence-corrected chi connectivity index (χ4v) is 1.85. The number of carbonyl (C=O) groups is 1. The summed E-state index contributed by atoms with van der Waals surface area (Å²) in [5, 5.41) is 6.15. The Hall–Kier alpha value is -1.75. The van der Waals surface area contributed by atoms with Crippen molar-refractivity contribution in [3.8, 4) is 5.75 Å². The molecule has 0 saturated carbocycles. The Balaban J connectivity index is 1.80. The van der Waals surface area contributed by atoms with Crippen molar-refractivity contribution in [2.24, 2.45) is 0 Å². The summed E-state index contributed by atoms with van der Waals surface area (Å²) in [5.74, 6) is 0.606. The van der Waals surface area contributed by atoms with E-state index in [1.807, 2.05) is 18.2 Å². The van der Waals surface area contributed by atoms with Crippen molar-refractivity contribution < 1.29 is 14.3 Å². The largest absolute Gasteiger partial charge is 0.479 e. The lowest BCUT2D eigenvalue weighted by molar-refractivity contribution is -0.122. The SMILES string of the molecule is CC1Oc2ccc(NC3COC3)cc2NC1=O. The zero-order valence-corrected chi connectivity index (χ0v) is 9.53. The summed E-state index contributed by atoms with van der Waals surface area (Å²) >= 11 is 0. The van der Waals surface area contributed by atoms with Crippen LogP contribution in [0.1, 0.15) is 6.92 Å². The lowest BCUT2D eigenvalue weighted by Crippen LogP contribution is -2.40. The molecule has 2 aliphatic rings. The molecule has 0 spiro atoms. The maximum absolute atomic E-state index is 11.5. The smallest absolute Gasteiger partial charge is 0.265 e. The van der Waals surface area contributed by atoms with E-state index in [0.29, 0.717) is 11.8 Å². The van der Waals surface area contributed by atoms with Crippen molar-refractivity contribution in [3.05, 3.63) is 18.2 Å². The third-order valence-corrected chi connectivity index (χ3v) is 2.92. The molecule has 0 bridgehead atoms. The Labute approximate surface area is 99.1 Å². The van der Waals surface area contributed by atoms with E-state index >= 15 is 0 Å². The van der Waals surface area contributed by atoms with Crippen LogP contribution in [0.15, 0.2) is 18.2 Å². The van der Waals surface area contributed by atoms with Gasteiger partial charge in [-0.1, -0.05) is 0 Å². The number of carbonyl (C=O) groups excluding carboxylic acids is 1. The number of amides is 1. The Bertz CT molecular complexity index is 457. The van der Waals surface area contributed by atoms with Gasteiger partial charge < -0.3 is 20.1 Å².